The molecule has 0 bridgehead atoms. The number of rotatable bonds is 11. The van der Waals surface area contributed by atoms with Gasteiger partial charge < -0.3 is 26.5 Å². The number of hydrogen-bond acceptors (Lipinski definition) is 7. The molecule has 1 aromatic heterocycles. The molecular formula is C33H31ClN6O3. The Morgan fingerprint density at radius 3 is 2.28 bits per heavy atom. The van der Waals surface area contributed by atoms with Gasteiger partial charge in [-0.15, -0.1) is 0 Å². The Balaban J connectivity index is 1.48. The van der Waals surface area contributed by atoms with Gasteiger partial charge in [0.1, 0.15) is 17.4 Å². The van der Waals surface area contributed by atoms with Gasteiger partial charge in [-0.3, -0.25) is 9.59 Å². The second kappa shape index (κ2) is 13.9. The molecule has 0 saturated carbocycles. The summed E-state index contributed by atoms with van der Waals surface area (Å²) in [7, 11) is 0. The lowest BCUT2D eigenvalue weighted by Gasteiger charge is -2.22. The van der Waals surface area contributed by atoms with E-state index in [9.17, 15) is 9.59 Å². The average Bonchev–Trinajstić information content (AvgIpc) is 3.05. The van der Waals surface area contributed by atoms with Crippen molar-refractivity contribution in [3.63, 3.8) is 0 Å². The van der Waals surface area contributed by atoms with Gasteiger partial charge >= 0.3 is 0 Å². The largest absolute Gasteiger partial charge is 0.377 e. The number of nitrogens with one attached hydrogen (secondary N) is 3. The standard InChI is InChI=1S/C33H31ClN6O3/c34-25-13-11-22(12-14-25)28(35)26(21-7-3-1-4-8-21)19-38-32-27(20-37-31(40-32)24-15-17-43-18-16-24)33(42)39-29(30(36)41)23-9-5-2-6-10-23/h1-15,20,26,29,35H,16-19H2,(H2,36,41)(H,39,42)(H,37,38,40). The molecule has 2 amide bonds. The molecule has 218 valence electrons. The summed E-state index contributed by atoms with van der Waals surface area (Å²) in [5.41, 5.74) is 9.29. The van der Waals surface area contributed by atoms with E-state index in [0.29, 0.717) is 41.8 Å². The van der Waals surface area contributed by atoms with Gasteiger partial charge in [-0.1, -0.05) is 90.5 Å². The van der Waals surface area contributed by atoms with Crippen molar-refractivity contribution in [3.05, 3.63) is 130 Å². The van der Waals surface area contributed by atoms with Crippen LogP contribution in [0, 0.1) is 5.41 Å². The first kappa shape index (κ1) is 29.6. The molecule has 5 rings (SSSR count). The summed E-state index contributed by atoms with van der Waals surface area (Å²) in [4.78, 5) is 35.2. The van der Waals surface area contributed by atoms with Crippen LogP contribution in [0.15, 0.2) is 97.2 Å². The van der Waals surface area contributed by atoms with Crippen LogP contribution in [-0.2, 0) is 9.53 Å². The lowest BCUT2D eigenvalue weighted by atomic mass is 9.90. The van der Waals surface area contributed by atoms with E-state index >= 15 is 0 Å². The lowest BCUT2D eigenvalue weighted by molar-refractivity contribution is -0.120. The molecule has 5 N–H and O–H groups in total. The van der Waals surface area contributed by atoms with Gasteiger partial charge in [-0.2, -0.15) is 0 Å². The third-order valence-electron chi connectivity index (χ3n) is 7.16. The van der Waals surface area contributed by atoms with Crippen molar-refractivity contribution in [1.82, 2.24) is 15.3 Å². The molecule has 0 spiro atoms. The van der Waals surface area contributed by atoms with E-state index in [1.165, 1.54) is 6.20 Å². The lowest BCUT2D eigenvalue weighted by Crippen LogP contribution is -2.38. The summed E-state index contributed by atoms with van der Waals surface area (Å²) in [6.45, 7) is 1.25. The molecule has 0 saturated heterocycles. The van der Waals surface area contributed by atoms with Crippen LogP contribution in [0.1, 0.15) is 51.3 Å². The Morgan fingerprint density at radius 2 is 1.65 bits per heavy atom. The molecule has 43 heavy (non-hydrogen) atoms. The quantitative estimate of drug-likeness (QED) is 0.177. The zero-order chi connectivity index (χ0) is 30.2. The van der Waals surface area contributed by atoms with Crippen molar-refractivity contribution < 1.29 is 14.3 Å². The van der Waals surface area contributed by atoms with Crippen LogP contribution in [0.5, 0.6) is 0 Å². The number of nitrogens with two attached hydrogens (primary N) is 1. The molecule has 0 fully saturated rings. The Kier molecular flexibility index (Phi) is 9.56. The van der Waals surface area contributed by atoms with Crippen molar-refractivity contribution in [3.8, 4) is 0 Å². The minimum Gasteiger partial charge on any atom is -0.377 e. The molecule has 9 nitrogen and oxygen atoms in total. The predicted octanol–water partition coefficient (Wildman–Crippen LogP) is 5.15. The third-order valence-corrected chi connectivity index (χ3v) is 7.41. The maximum Gasteiger partial charge on any atom is 0.257 e. The molecule has 2 atom stereocenters. The first-order valence-corrected chi connectivity index (χ1v) is 14.2. The molecule has 0 aliphatic carbocycles. The number of nitrogens with zero attached hydrogens (tertiary/aromatic N) is 2. The summed E-state index contributed by atoms with van der Waals surface area (Å²) in [5, 5.41) is 15.7. The fraction of sp³-hybridized carbons (Fsp3) is 0.182. The van der Waals surface area contributed by atoms with Crippen molar-refractivity contribution in [1.29, 1.82) is 5.41 Å². The van der Waals surface area contributed by atoms with Crippen LogP contribution in [0.4, 0.5) is 5.82 Å². The maximum absolute atomic E-state index is 13.6. The Morgan fingerprint density at radius 1 is 0.977 bits per heavy atom. The first-order chi connectivity index (χ1) is 20.9. The predicted molar refractivity (Wildman–Crippen MR) is 167 cm³/mol. The molecule has 2 unspecified atom stereocenters. The minimum absolute atomic E-state index is 0.142. The van der Waals surface area contributed by atoms with Gasteiger partial charge in [0, 0.05) is 29.4 Å². The maximum atomic E-state index is 13.6. The van der Waals surface area contributed by atoms with Crippen molar-refractivity contribution in [2.24, 2.45) is 5.73 Å². The molecule has 0 radical (unpaired) electrons. The van der Waals surface area contributed by atoms with Crippen molar-refractivity contribution in [2.75, 3.05) is 25.1 Å². The number of hydrogen-bond donors (Lipinski definition) is 4. The molecule has 1 aliphatic heterocycles. The average molecular weight is 595 g/mol. The van der Waals surface area contributed by atoms with Gasteiger partial charge in [0.2, 0.25) is 5.91 Å². The van der Waals surface area contributed by atoms with Crippen LogP contribution in [-0.4, -0.2) is 47.3 Å². The number of amides is 2. The summed E-state index contributed by atoms with van der Waals surface area (Å²) < 4.78 is 5.44. The Bertz CT molecular complexity index is 1630. The number of carbonyl (C=O) groups excluding carboxylic acids is 2. The van der Waals surface area contributed by atoms with E-state index in [1.807, 2.05) is 54.6 Å². The molecular weight excluding hydrogens is 564 g/mol. The number of benzene rings is 3. The molecule has 4 aromatic rings. The van der Waals surface area contributed by atoms with Gasteiger partial charge in [0.15, 0.2) is 5.82 Å². The van der Waals surface area contributed by atoms with Crippen molar-refractivity contribution >= 4 is 40.5 Å². The normalized spacial score (nSPS) is 14.2. The van der Waals surface area contributed by atoms with Crippen molar-refractivity contribution in [2.45, 2.75) is 18.4 Å². The molecule has 10 heteroatoms. The van der Waals surface area contributed by atoms with E-state index < -0.39 is 17.9 Å². The molecule has 1 aliphatic rings. The van der Waals surface area contributed by atoms with E-state index in [-0.39, 0.29) is 23.8 Å². The third kappa shape index (κ3) is 7.32. The Hall–Kier alpha value is -4.86. The molecule has 2 heterocycles. The van der Waals surface area contributed by atoms with Crippen LogP contribution < -0.4 is 16.4 Å². The highest BCUT2D eigenvalue weighted by atomic mass is 35.5. The van der Waals surface area contributed by atoms with E-state index in [1.54, 1.807) is 36.4 Å². The number of carbonyl (C=O) groups is 2. The van der Waals surface area contributed by atoms with E-state index in [0.717, 1.165) is 16.7 Å². The number of aromatic nitrogens is 2. The second-order valence-corrected chi connectivity index (χ2v) is 10.4. The summed E-state index contributed by atoms with van der Waals surface area (Å²) in [6.07, 6.45) is 4.00. The monoisotopic (exact) mass is 594 g/mol. The summed E-state index contributed by atoms with van der Waals surface area (Å²) >= 11 is 6.10. The van der Waals surface area contributed by atoms with Crippen LogP contribution in [0.3, 0.4) is 0 Å². The zero-order valence-electron chi connectivity index (χ0n) is 23.3. The fourth-order valence-electron chi connectivity index (χ4n) is 4.84. The van der Waals surface area contributed by atoms with Crippen LogP contribution in [0.25, 0.3) is 5.57 Å². The van der Waals surface area contributed by atoms with Crippen LogP contribution in [0.2, 0.25) is 5.02 Å². The topological polar surface area (TPSA) is 143 Å². The SMILES string of the molecule is N=C(c1ccc(Cl)cc1)C(CNc1nc(C2=CCOCC2)ncc1C(=O)NC(C(N)=O)c1ccccc1)c1ccccc1. The highest BCUT2D eigenvalue weighted by Crippen LogP contribution is 2.26. The summed E-state index contributed by atoms with van der Waals surface area (Å²) in [5.74, 6) is -0.898. The van der Waals surface area contributed by atoms with Gasteiger partial charge in [-0.05, 0) is 40.8 Å². The van der Waals surface area contributed by atoms with E-state index in [4.69, 9.17) is 32.5 Å². The first-order valence-electron chi connectivity index (χ1n) is 13.8. The number of ether oxygens (including phenoxy) is 1. The minimum atomic E-state index is -1.05. The van der Waals surface area contributed by atoms with Crippen LogP contribution >= 0.6 is 11.6 Å². The van der Waals surface area contributed by atoms with Gasteiger partial charge in [-0.25, -0.2) is 9.97 Å². The van der Waals surface area contributed by atoms with E-state index in [2.05, 4.69) is 15.6 Å². The number of halogens is 1. The van der Waals surface area contributed by atoms with Gasteiger partial charge in [0.05, 0.1) is 13.2 Å². The highest BCUT2D eigenvalue weighted by molar-refractivity contribution is 6.30. The zero-order valence-corrected chi connectivity index (χ0v) is 24.1. The van der Waals surface area contributed by atoms with Gasteiger partial charge in [0.25, 0.3) is 5.91 Å². The molecule has 3 aromatic carbocycles. The Labute approximate surface area is 254 Å². The second-order valence-electron chi connectivity index (χ2n) is 9.99. The smallest absolute Gasteiger partial charge is 0.257 e. The fourth-order valence-corrected chi connectivity index (χ4v) is 4.97. The highest BCUT2D eigenvalue weighted by Gasteiger charge is 2.25. The number of primary amides is 1. The summed E-state index contributed by atoms with van der Waals surface area (Å²) in [6, 6.07) is 24.6. The number of anilines is 1.